The van der Waals surface area contributed by atoms with E-state index in [4.69, 9.17) is 6.57 Å². The highest BCUT2D eigenvalue weighted by Crippen LogP contribution is 2.38. The molecule has 0 aliphatic carbocycles. The van der Waals surface area contributed by atoms with E-state index in [0.717, 1.165) is 17.0 Å². The molecular formula is C19H16F4N2OS. The number of carbonyl (C=O) groups is 1. The molecule has 0 radical (unpaired) electrons. The lowest BCUT2D eigenvalue weighted by Crippen LogP contribution is -2.33. The Morgan fingerprint density at radius 1 is 1.15 bits per heavy atom. The number of halogens is 4. The fourth-order valence-electron chi connectivity index (χ4n) is 2.10. The summed E-state index contributed by atoms with van der Waals surface area (Å²) in [7, 11) is 0. The Bertz CT molecular complexity index is 871. The highest BCUT2D eigenvalue weighted by atomic mass is 32.2. The fraction of sp³-hybridized carbons (Fsp3) is 0.263. The number of benzene rings is 2. The molecule has 0 aliphatic rings. The van der Waals surface area contributed by atoms with Crippen LogP contribution < -0.4 is 5.32 Å². The van der Waals surface area contributed by atoms with E-state index in [2.05, 4.69) is 10.2 Å². The van der Waals surface area contributed by atoms with Crippen molar-refractivity contribution < 1.29 is 22.4 Å². The molecule has 0 aromatic heterocycles. The molecule has 0 spiro atoms. The van der Waals surface area contributed by atoms with Gasteiger partial charge in [-0.05, 0) is 36.4 Å². The van der Waals surface area contributed by atoms with Crippen molar-refractivity contribution >= 4 is 29.0 Å². The Balaban J connectivity index is 2.11. The number of rotatable bonds is 5. The molecule has 0 fully saturated rings. The number of nitrogens with one attached hydrogen (secondary N) is 1. The van der Waals surface area contributed by atoms with Crippen LogP contribution in [0.1, 0.15) is 19.4 Å². The summed E-state index contributed by atoms with van der Waals surface area (Å²) < 4.78 is 52.0. The van der Waals surface area contributed by atoms with Crippen LogP contribution in [0.5, 0.6) is 0 Å². The topological polar surface area (TPSA) is 33.5 Å². The van der Waals surface area contributed by atoms with Gasteiger partial charge >= 0.3 is 6.18 Å². The smallest absolute Gasteiger partial charge is 0.326 e. The third-order valence-electron chi connectivity index (χ3n) is 3.71. The van der Waals surface area contributed by atoms with Gasteiger partial charge in [0.15, 0.2) is 5.69 Å². The minimum Gasteiger partial charge on any atom is -0.326 e. The standard InChI is InChI=1S/C19H16F4N2OS/c1-18(2,11-27-14-7-4-12(20)5-8-14)17(26)25-13-6-9-16(24-3)15(10-13)19(21,22)23/h4-10H,11H2,1-2H3,(H,25,26). The van der Waals surface area contributed by atoms with Gasteiger partial charge in [0.2, 0.25) is 5.91 Å². The van der Waals surface area contributed by atoms with Crippen LogP contribution in [-0.4, -0.2) is 11.7 Å². The number of thioether (sulfide) groups is 1. The molecule has 8 heteroatoms. The summed E-state index contributed by atoms with van der Waals surface area (Å²) in [6.45, 7) is 10.2. The van der Waals surface area contributed by atoms with E-state index >= 15 is 0 Å². The molecule has 0 heterocycles. The molecule has 2 aromatic carbocycles. The number of carbonyl (C=O) groups excluding carboxylic acids is 1. The molecular weight excluding hydrogens is 380 g/mol. The van der Waals surface area contributed by atoms with Crippen LogP contribution >= 0.6 is 11.8 Å². The van der Waals surface area contributed by atoms with E-state index in [1.54, 1.807) is 26.0 Å². The highest BCUT2D eigenvalue weighted by Gasteiger charge is 2.34. The molecule has 142 valence electrons. The van der Waals surface area contributed by atoms with Crippen LogP contribution in [0.3, 0.4) is 0 Å². The largest absolute Gasteiger partial charge is 0.407 e. The zero-order valence-electron chi connectivity index (χ0n) is 14.5. The Labute approximate surface area is 158 Å². The van der Waals surface area contributed by atoms with Gasteiger partial charge in [0.05, 0.1) is 17.6 Å². The van der Waals surface area contributed by atoms with Crippen LogP contribution in [0.2, 0.25) is 0 Å². The SMILES string of the molecule is [C-]#[N+]c1ccc(NC(=O)C(C)(C)CSc2ccc(F)cc2)cc1C(F)(F)F. The first kappa shape index (κ1) is 20.8. The molecule has 1 amide bonds. The van der Waals surface area contributed by atoms with Crippen LogP contribution in [0.25, 0.3) is 4.85 Å². The Morgan fingerprint density at radius 2 is 1.78 bits per heavy atom. The number of hydrogen-bond donors (Lipinski definition) is 1. The molecule has 0 saturated carbocycles. The second-order valence-electron chi connectivity index (χ2n) is 6.42. The molecule has 0 saturated heterocycles. The summed E-state index contributed by atoms with van der Waals surface area (Å²) in [5, 5.41) is 2.48. The van der Waals surface area contributed by atoms with E-state index in [1.165, 1.54) is 30.0 Å². The third-order valence-corrected chi connectivity index (χ3v) is 5.18. The molecule has 0 bridgehead atoms. The summed E-state index contributed by atoms with van der Waals surface area (Å²) >= 11 is 1.34. The van der Waals surface area contributed by atoms with E-state index in [9.17, 15) is 22.4 Å². The summed E-state index contributed by atoms with van der Waals surface area (Å²) in [6.07, 6.45) is -4.69. The lowest BCUT2D eigenvalue weighted by atomic mass is 9.95. The number of alkyl halides is 3. The molecule has 0 aliphatic heterocycles. The average Bonchev–Trinajstić information content (AvgIpc) is 2.60. The number of anilines is 1. The van der Waals surface area contributed by atoms with Crippen molar-refractivity contribution in [3.63, 3.8) is 0 Å². The van der Waals surface area contributed by atoms with Gasteiger partial charge in [0, 0.05) is 16.3 Å². The van der Waals surface area contributed by atoms with Crippen molar-refractivity contribution in [2.75, 3.05) is 11.1 Å². The predicted octanol–water partition coefficient (Wildman–Crippen LogP) is 6.15. The number of hydrogen-bond acceptors (Lipinski definition) is 2. The van der Waals surface area contributed by atoms with Crippen LogP contribution in [0, 0.1) is 17.8 Å². The van der Waals surface area contributed by atoms with Gasteiger partial charge in [-0.15, -0.1) is 11.8 Å². The van der Waals surface area contributed by atoms with Crippen molar-refractivity contribution in [1.29, 1.82) is 0 Å². The van der Waals surface area contributed by atoms with Gasteiger partial charge in [-0.1, -0.05) is 19.9 Å². The van der Waals surface area contributed by atoms with Gasteiger partial charge in [-0.2, -0.15) is 13.2 Å². The molecule has 3 nitrogen and oxygen atoms in total. The zero-order chi connectivity index (χ0) is 20.2. The summed E-state index contributed by atoms with van der Waals surface area (Å²) in [6, 6.07) is 8.86. The van der Waals surface area contributed by atoms with Crippen LogP contribution in [0.4, 0.5) is 28.9 Å². The minimum absolute atomic E-state index is 0.0282. The first-order valence-corrected chi connectivity index (χ1v) is 8.80. The van der Waals surface area contributed by atoms with Gasteiger partial charge < -0.3 is 5.32 Å². The van der Waals surface area contributed by atoms with E-state index < -0.39 is 28.7 Å². The highest BCUT2D eigenvalue weighted by molar-refractivity contribution is 7.99. The maximum atomic E-state index is 13.0. The first-order chi connectivity index (χ1) is 12.5. The molecule has 0 atom stereocenters. The molecule has 1 N–H and O–H groups in total. The molecule has 27 heavy (non-hydrogen) atoms. The van der Waals surface area contributed by atoms with E-state index in [0.29, 0.717) is 5.75 Å². The monoisotopic (exact) mass is 396 g/mol. The Kier molecular flexibility index (Phi) is 6.16. The second-order valence-corrected chi connectivity index (χ2v) is 7.47. The lowest BCUT2D eigenvalue weighted by Gasteiger charge is -2.23. The van der Waals surface area contributed by atoms with Gasteiger partial charge in [0.25, 0.3) is 0 Å². The molecule has 2 aromatic rings. The number of amides is 1. The van der Waals surface area contributed by atoms with Crippen molar-refractivity contribution in [2.24, 2.45) is 5.41 Å². The first-order valence-electron chi connectivity index (χ1n) is 7.81. The fourth-order valence-corrected chi connectivity index (χ4v) is 3.09. The maximum absolute atomic E-state index is 13.0. The van der Waals surface area contributed by atoms with Crippen molar-refractivity contribution in [3.8, 4) is 0 Å². The molecule has 2 rings (SSSR count). The van der Waals surface area contributed by atoms with Crippen LogP contribution in [0.15, 0.2) is 47.4 Å². The summed E-state index contributed by atoms with van der Waals surface area (Å²) in [4.78, 5) is 16.1. The lowest BCUT2D eigenvalue weighted by molar-refractivity contribution is -0.136. The van der Waals surface area contributed by atoms with Crippen molar-refractivity contribution in [3.05, 3.63) is 65.3 Å². The number of nitrogens with zero attached hydrogens (tertiary/aromatic N) is 1. The summed E-state index contributed by atoms with van der Waals surface area (Å²) in [5.74, 6) is -0.475. The van der Waals surface area contributed by atoms with Gasteiger partial charge in [-0.3, -0.25) is 4.79 Å². The van der Waals surface area contributed by atoms with Crippen molar-refractivity contribution in [2.45, 2.75) is 24.9 Å². The van der Waals surface area contributed by atoms with Gasteiger partial charge in [0.1, 0.15) is 5.82 Å². The van der Waals surface area contributed by atoms with Gasteiger partial charge in [-0.25, -0.2) is 9.24 Å². The Morgan fingerprint density at radius 3 is 2.33 bits per heavy atom. The summed E-state index contributed by atoms with van der Waals surface area (Å²) in [5.41, 5.74) is -2.53. The van der Waals surface area contributed by atoms with Crippen LogP contribution in [-0.2, 0) is 11.0 Å². The molecule has 0 unspecified atom stereocenters. The van der Waals surface area contributed by atoms with Crippen molar-refractivity contribution in [1.82, 2.24) is 0 Å². The normalized spacial score (nSPS) is 11.7. The average molecular weight is 396 g/mol. The second kappa shape index (κ2) is 8.01. The maximum Gasteiger partial charge on any atom is 0.407 e. The Hall–Kier alpha value is -2.53. The van der Waals surface area contributed by atoms with E-state index in [-0.39, 0.29) is 11.5 Å². The third kappa shape index (κ3) is 5.47. The zero-order valence-corrected chi connectivity index (χ0v) is 15.3. The minimum atomic E-state index is -4.69. The van der Waals surface area contributed by atoms with E-state index in [1.807, 2.05) is 0 Å². The quantitative estimate of drug-likeness (QED) is 0.373. The predicted molar refractivity (Wildman–Crippen MR) is 97.2 cm³/mol.